The van der Waals surface area contributed by atoms with Crippen LogP contribution in [0.25, 0.3) is 0 Å². The van der Waals surface area contributed by atoms with Crippen LogP contribution in [0.3, 0.4) is 0 Å². The van der Waals surface area contributed by atoms with Gasteiger partial charge in [-0.1, -0.05) is 13.8 Å². The monoisotopic (exact) mass is 181 g/mol. The van der Waals surface area contributed by atoms with E-state index >= 15 is 0 Å². The second-order valence-electron chi connectivity index (χ2n) is 4.12. The summed E-state index contributed by atoms with van der Waals surface area (Å²) >= 11 is 0. The molecule has 0 spiro atoms. The van der Waals surface area contributed by atoms with Crippen LogP contribution in [0.5, 0.6) is 0 Å². The molecule has 0 saturated heterocycles. The van der Waals surface area contributed by atoms with Crippen molar-refractivity contribution < 1.29 is 14.3 Å². The summed E-state index contributed by atoms with van der Waals surface area (Å²) in [7, 11) is 0. The predicted molar refractivity (Wildman–Crippen MR) is 44.6 cm³/mol. The van der Waals surface area contributed by atoms with Gasteiger partial charge in [0.2, 0.25) is 0 Å². The van der Waals surface area contributed by atoms with Gasteiger partial charge in [0.15, 0.2) is 12.1 Å². The molecule has 1 aliphatic rings. The van der Waals surface area contributed by atoms with E-state index in [9.17, 15) is 4.79 Å². The Balaban J connectivity index is 2.32. The summed E-state index contributed by atoms with van der Waals surface area (Å²) in [5.74, 6) is -0.259. The van der Waals surface area contributed by atoms with Gasteiger partial charge in [-0.15, -0.1) is 0 Å². The van der Waals surface area contributed by atoms with E-state index in [4.69, 9.17) is 9.52 Å². The van der Waals surface area contributed by atoms with Crippen molar-refractivity contribution >= 4 is 5.97 Å². The molecular formula is C9H11NO3. The number of aromatic carboxylic acids is 1. The minimum atomic E-state index is -1.01. The number of carboxylic acids is 1. The number of aromatic nitrogens is 1. The topological polar surface area (TPSA) is 63.3 Å². The third-order valence-corrected chi connectivity index (χ3v) is 2.63. The molecule has 1 N–H and O–H groups in total. The van der Waals surface area contributed by atoms with Crippen LogP contribution in [0.1, 0.15) is 42.4 Å². The SMILES string of the molecule is CC1(C)CC1c1ocnc1C(=O)O. The summed E-state index contributed by atoms with van der Waals surface area (Å²) in [6.45, 7) is 4.18. The minimum Gasteiger partial charge on any atom is -0.476 e. The van der Waals surface area contributed by atoms with E-state index in [1.54, 1.807) is 0 Å². The first-order valence-electron chi connectivity index (χ1n) is 4.19. The van der Waals surface area contributed by atoms with Crippen molar-refractivity contribution in [2.75, 3.05) is 0 Å². The van der Waals surface area contributed by atoms with Crippen LogP contribution >= 0.6 is 0 Å². The summed E-state index contributed by atoms with van der Waals surface area (Å²) in [5, 5.41) is 8.78. The van der Waals surface area contributed by atoms with E-state index in [0.717, 1.165) is 6.42 Å². The maximum absolute atomic E-state index is 10.7. The summed E-state index contributed by atoms with van der Waals surface area (Å²) < 4.78 is 5.09. The molecule has 1 fully saturated rings. The van der Waals surface area contributed by atoms with Gasteiger partial charge in [0.05, 0.1) is 0 Å². The Morgan fingerprint density at radius 2 is 2.38 bits per heavy atom. The molecule has 70 valence electrons. The molecule has 0 aliphatic heterocycles. The lowest BCUT2D eigenvalue weighted by molar-refractivity contribution is 0.0688. The number of hydrogen-bond acceptors (Lipinski definition) is 3. The zero-order valence-electron chi connectivity index (χ0n) is 7.57. The molecule has 1 unspecified atom stereocenters. The second-order valence-corrected chi connectivity index (χ2v) is 4.12. The van der Waals surface area contributed by atoms with E-state index < -0.39 is 5.97 Å². The quantitative estimate of drug-likeness (QED) is 0.756. The van der Waals surface area contributed by atoms with Crippen LogP contribution in [-0.2, 0) is 0 Å². The first kappa shape index (κ1) is 8.29. The van der Waals surface area contributed by atoms with E-state index in [0.29, 0.717) is 5.76 Å². The average molecular weight is 181 g/mol. The van der Waals surface area contributed by atoms with Crippen LogP contribution in [0.4, 0.5) is 0 Å². The number of oxazole rings is 1. The third kappa shape index (κ3) is 1.22. The summed E-state index contributed by atoms with van der Waals surface area (Å²) in [4.78, 5) is 14.4. The second kappa shape index (κ2) is 2.34. The van der Waals surface area contributed by atoms with Crippen molar-refractivity contribution in [3.05, 3.63) is 17.8 Å². The summed E-state index contributed by atoms with van der Waals surface area (Å²) in [6, 6.07) is 0. The van der Waals surface area contributed by atoms with Gasteiger partial charge in [0.1, 0.15) is 5.76 Å². The smallest absolute Gasteiger partial charge is 0.358 e. The highest BCUT2D eigenvalue weighted by atomic mass is 16.4. The Morgan fingerprint density at radius 3 is 2.85 bits per heavy atom. The molecule has 1 aromatic heterocycles. The lowest BCUT2D eigenvalue weighted by atomic mass is 10.1. The molecule has 1 aliphatic carbocycles. The fourth-order valence-corrected chi connectivity index (χ4v) is 1.58. The number of rotatable bonds is 2. The van der Waals surface area contributed by atoms with Crippen molar-refractivity contribution in [2.45, 2.75) is 26.2 Å². The number of carboxylic acid groups (broad SMARTS) is 1. The highest BCUT2D eigenvalue weighted by Gasteiger charge is 2.50. The molecule has 2 rings (SSSR count). The van der Waals surface area contributed by atoms with E-state index in [1.807, 2.05) is 0 Å². The van der Waals surface area contributed by atoms with E-state index in [2.05, 4.69) is 18.8 Å². The van der Waals surface area contributed by atoms with Gasteiger partial charge in [-0.3, -0.25) is 0 Å². The molecule has 0 amide bonds. The first-order chi connectivity index (χ1) is 6.02. The molecule has 1 saturated carbocycles. The first-order valence-corrected chi connectivity index (χ1v) is 4.19. The van der Waals surface area contributed by atoms with Crippen molar-refractivity contribution in [3.63, 3.8) is 0 Å². The molecular weight excluding hydrogens is 170 g/mol. The van der Waals surface area contributed by atoms with Gasteiger partial charge < -0.3 is 9.52 Å². The maximum atomic E-state index is 10.7. The maximum Gasteiger partial charge on any atom is 0.358 e. The van der Waals surface area contributed by atoms with Gasteiger partial charge in [-0.2, -0.15) is 0 Å². The largest absolute Gasteiger partial charge is 0.476 e. The van der Waals surface area contributed by atoms with Crippen LogP contribution in [0.15, 0.2) is 10.8 Å². The molecule has 13 heavy (non-hydrogen) atoms. The van der Waals surface area contributed by atoms with Crippen LogP contribution < -0.4 is 0 Å². The van der Waals surface area contributed by atoms with Gasteiger partial charge in [-0.25, -0.2) is 9.78 Å². The van der Waals surface area contributed by atoms with Crippen LogP contribution in [0.2, 0.25) is 0 Å². The number of hydrogen-bond donors (Lipinski definition) is 1. The van der Waals surface area contributed by atoms with Gasteiger partial charge in [-0.05, 0) is 11.8 Å². The van der Waals surface area contributed by atoms with Crippen molar-refractivity contribution in [1.29, 1.82) is 0 Å². The van der Waals surface area contributed by atoms with E-state index in [-0.39, 0.29) is 17.0 Å². The Hall–Kier alpha value is -1.32. The number of nitrogens with zero attached hydrogens (tertiary/aromatic N) is 1. The Kier molecular flexibility index (Phi) is 1.49. The highest BCUT2D eigenvalue weighted by molar-refractivity contribution is 5.86. The van der Waals surface area contributed by atoms with Crippen LogP contribution in [-0.4, -0.2) is 16.1 Å². The average Bonchev–Trinajstić information content (AvgIpc) is 2.49. The van der Waals surface area contributed by atoms with Crippen LogP contribution in [0, 0.1) is 5.41 Å². The summed E-state index contributed by atoms with van der Waals surface area (Å²) in [6.07, 6.45) is 2.18. The van der Waals surface area contributed by atoms with Crippen molar-refractivity contribution in [3.8, 4) is 0 Å². The minimum absolute atomic E-state index is 0.0653. The number of carbonyl (C=O) groups is 1. The Morgan fingerprint density at radius 1 is 1.77 bits per heavy atom. The fraction of sp³-hybridized carbons (Fsp3) is 0.556. The zero-order valence-corrected chi connectivity index (χ0v) is 7.57. The lowest BCUT2D eigenvalue weighted by Crippen LogP contribution is -2.01. The molecule has 1 heterocycles. The van der Waals surface area contributed by atoms with Crippen molar-refractivity contribution in [1.82, 2.24) is 4.98 Å². The molecule has 4 nitrogen and oxygen atoms in total. The Labute approximate surface area is 75.6 Å². The molecule has 0 bridgehead atoms. The standard InChI is InChI=1S/C9H11NO3/c1-9(2)3-5(9)7-6(8(11)12)10-4-13-7/h4-5H,3H2,1-2H3,(H,11,12). The summed E-state index contributed by atoms with van der Waals surface area (Å²) in [5.41, 5.74) is 0.236. The predicted octanol–water partition coefficient (Wildman–Crippen LogP) is 1.89. The highest BCUT2D eigenvalue weighted by Crippen LogP contribution is 2.59. The van der Waals surface area contributed by atoms with E-state index in [1.165, 1.54) is 6.39 Å². The molecule has 1 aromatic rings. The van der Waals surface area contributed by atoms with Gasteiger partial charge >= 0.3 is 5.97 Å². The lowest BCUT2D eigenvalue weighted by Gasteiger charge is -1.99. The van der Waals surface area contributed by atoms with Gasteiger partial charge in [0.25, 0.3) is 0 Å². The Bertz CT molecular complexity index is 353. The molecule has 0 aromatic carbocycles. The zero-order chi connectivity index (χ0) is 9.64. The fourth-order valence-electron chi connectivity index (χ4n) is 1.58. The molecule has 1 atom stereocenters. The third-order valence-electron chi connectivity index (χ3n) is 2.63. The molecule has 4 heteroatoms. The molecule has 0 radical (unpaired) electrons. The normalized spacial score (nSPS) is 24.3. The van der Waals surface area contributed by atoms with Crippen molar-refractivity contribution in [2.24, 2.45) is 5.41 Å². The van der Waals surface area contributed by atoms with Gasteiger partial charge in [0, 0.05) is 5.92 Å².